The number of aromatic nitrogens is 3. The van der Waals surface area contributed by atoms with Crippen LogP contribution in [0, 0.1) is 5.82 Å². The van der Waals surface area contributed by atoms with E-state index in [1.54, 1.807) is 23.0 Å². The number of aryl methyl sites for hydroxylation is 1. The second-order valence-electron chi connectivity index (χ2n) is 5.77. The summed E-state index contributed by atoms with van der Waals surface area (Å²) < 4.78 is 14.5. The monoisotopic (exact) mass is 338 g/mol. The Morgan fingerprint density at radius 1 is 1.04 bits per heavy atom. The molecular formula is C19H19FN4O. The first-order valence-electron chi connectivity index (χ1n) is 8.17. The maximum absolute atomic E-state index is 12.9. The Balaban J connectivity index is 1.46. The van der Waals surface area contributed by atoms with E-state index in [1.807, 2.05) is 18.2 Å². The highest BCUT2D eigenvalue weighted by Crippen LogP contribution is 2.05. The molecule has 1 amide bonds. The summed E-state index contributed by atoms with van der Waals surface area (Å²) in [5, 5.41) is 10.7. The van der Waals surface area contributed by atoms with Gasteiger partial charge in [0.05, 0.1) is 12.7 Å². The second kappa shape index (κ2) is 8.19. The number of nitrogens with zero attached hydrogens (tertiary/aromatic N) is 3. The molecule has 0 aliphatic rings. The molecule has 2 aromatic carbocycles. The zero-order chi connectivity index (χ0) is 17.5. The lowest BCUT2D eigenvalue weighted by Crippen LogP contribution is -2.25. The van der Waals surface area contributed by atoms with Crippen LogP contribution in [0.1, 0.15) is 28.0 Å². The average Bonchev–Trinajstić information content (AvgIpc) is 3.10. The van der Waals surface area contributed by atoms with Crippen molar-refractivity contribution in [3.05, 3.63) is 83.4 Å². The number of hydrogen-bond acceptors (Lipinski definition) is 3. The highest BCUT2D eigenvalue weighted by Gasteiger charge is 2.10. The molecule has 25 heavy (non-hydrogen) atoms. The van der Waals surface area contributed by atoms with Gasteiger partial charge in [-0.3, -0.25) is 4.79 Å². The third kappa shape index (κ3) is 4.97. The molecule has 3 aromatic rings. The van der Waals surface area contributed by atoms with Gasteiger partial charge in [-0.25, -0.2) is 9.07 Å². The molecule has 0 radical (unpaired) electrons. The predicted octanol–water partition coefficient (Wildman–Crippen LogP) is 2.83. The van der Waals surface area contributed by atoms with E-state index in [1.165, 1.54) is 17.7 Å². The van der Waals surface area contributed by atoms with E-state index in [0.717, 1.165) is 18.4 Å². The lowest BCUT2D eigenvalue weighted by atomic mass is 10.1. The van der Waals surface area contributed by atoms with Crippen molar-refractivity contribution in [2.24, 2.45) is 0 Å². The highest BCUT2D eigenvalue weighted by atomic mass is 19.1. The fraction of sp³-hybridized carbons (Fsp3) is 0.211. The molecule has 0 atom stereocenters. The molecule has 5 nitrogen and oxygen atoms in total. The number of rotatable bonds is 7. The highest BCUT2D eigenvalue weighted by molar-refractivity contribution is 5.91. The number of carbonyl (C=O) groups excluding carboxylic acids is 1. The van der Waals surface area contributed by atoms with E-state index < -0.39 is 0 Å². The number of hydrogen-bond donors (Lipinski definition) is 1. The van der Waals surface area contributed by atoms with Crippen molar-refractivity contribution in [2.75, 3.05) is 6.54 Å². The van der Waals surface area contributed by atoms with Crippen LogP contribution in [0.15, 0.2) is 60.8 Å². The van der Waals surface area contributed by atoms with Crippen molar-refractivity contribution in [2.45, 2.75) is 19.4 Å². The molecule has 0 aliphatic heterocycles. The first kappa shape index (κ1) is 16.8. The summed E-state index contributed by atoms with van der Waals surface area (Å²) in [7, 11) is 0. The average molecular weight is 338 g/mol. The summed E-state index contributed by atoms with van der Waals surface area (Å²) in [6.07, 6.45) is 3.37. The Hall–Kier alpha value is -3.02. The van der Waals surface area contributed by atoms with Gasteiger partial charge < -0.3 is 5.32 Å². The van der Waals surface area contributed by atoms with E-state index in [2.05, 4.69) is 27.8 Å². The van der Waals surface area contributed by atoms with Crippen LogP contribution in [0.3, 0.4) is 0 Å². The van der Waals surface area contributed by atoms with Gasteiger partial charge in [-0.1, -0.05) is 47.7 Å². The minimum absolute atomic E-state index is 0.238. The number of amides is 1. The maximum atomic E-state index is 12.9. The maximum Gasteiger partial charge on any atom is 0.273 e. The summed E-state index contributed by atoms with van der Waals surface area (Å²) in [5.41, 5.74) is 2.42. The zero-order valence-electron chi connectivity index (χ0n) is 13.7. The fourth-order valence-corrected chi connectivity index (χ4v) is 2.49. The Labute approximate surface area is 145 Å². The van der Waals surface area contributed by atoms with Crippen molar-refractivity contribution in [1.82, 2.24) is 20.3 Å². The van der Waals surface area contributed by atoms with Gasteiger partial charge >= 0.3 is 0 Å². The molecule has 0 bridgehead atoms. The third-order valence-corrected chi connectivity index (χ3v) is 3.80. The van der Waals surface area contributed by atoms with Crippen molar-refractivity contribution in [3.63, 3.8) is 0 Å². The van der Waals surface area contributed by atoms with E-state index >= 15 is 0 Å². The minimum atomic E-state index is -0.280. The minimum Gasteiger partial charge on any atom is -0.351 e. The van der Waals surface area contributed by atoms with Gasteiger partial charge in [0.15, 0.2) is 5.69 Å². The predicted molar refractivity (Wildman–Crippen MR) is 92.6 cm³/mol. The second-order valence-corrected chi connectivity index (χ2v) is 5.77. The van der Waals surface area contributed by atoms with Crippen LogP contribution < -0.4 is 5.32 Å². The van der Waals surface area contributed by atoms with Gasteiger partial charge in [-0.05, 0) is 36.1 Å². The summed E-state index contributed by atoms with van der Waals surface area (Å²) in [6.45, 7) is 1.02. The van der Waals surface area contributed by atoms with Crippen LogP contribution in [0.4, 0.5) is 4.39 Å². The smallest absolute Gasteiger partial charge is 0.273 e. The topological polar surface area (TPSA) is 59.8 Å². The Morgan fingerprint density at radius 2 is 1.80 bits per heavy atom. The van der Waals surface area contributed by atoms with Crippen molar-refractivity contribution >= 4 is 5.91 Å². The number of nitrogens with one attached hydrogen (secondary N) is 1. The van der Waals surface area contributed by atoms with E-state index in [0.29, 0.717) is 13.1 Å². The summed E-state index contributed by atoms with van der Waals surface area (Å²) in [6, 6.07) is 16.3. The van der Waals surface area contributed by atoms with Crippen LogP contribution in [0.5, 0.6) is 0 Å². The van der Waals surface area contributed by atoms with Gasteiger partial charge in [-0.15, -0.1) is 5.10 Å². The Kier molecular flexibility index (Phi) is 5.51. The van der Waals surface area contributed by atoms with E-state index in [9.17, 15) is 9.18 Å². The van der Waals surface area contributed by atoms with Crippen LogP contribution >= 0.6 is 0 Å². The van der Waals surface area contributed by atoms with Crippen LogP contribution in [-0.2, 0) is 13.0 Å². The first-order valence-corrected chi connectivity index (χ1v) is 8.17. The molecule has 0 aliphatic carbocycles. The molecular weight excluding hydrogens is 319 g/mol. The molecule has 0 saturated carbocycles. The van der Waals surface area contributed by atoms with Gasteiger partial charge in [0, 0.05) is 6.54 Å². The molecule has 0 unspecified atom stereocenters. The summed E-state index contributed by atoms with van der Waals surface area (Å²) in [5.74, 6) is -0.517. The molecule has 0 saturated heterocycles. The molecule has 3 rings (SSSR count). The SMILES string of the molecule is O=C(NCCCc1ccccc1)c1cn(Cc2ccc(F)cc2)nn1. The normalized spacial score (nSPS) is 10.6. The lowest BCUT2D eigenvalue weighted by Gasteiger charge is -2.03. The zero-order valence-corrected chi connectivity index (χ0v) is 13.7. The van der Waals surface area contributed by atoms with Crippen molar-refractivity contribution in [1.29, 1.82) is 0 Å². The van der Waals surface area contributed by atoms with Gasteiger partial charge in [-0.2, -0.15) is 0 Å². The molecule has 1 N–H and O–H groups in total. The van der Waals surface area contributed by atoms with Crippen LogP contribution in [0.2, 0.25) is 0 Å². The largest absolute Gasteiger partial charge is 0.351 e. The van der Waals surface area contributed by atoms with E-state index in [4.69, 9.17) is 0 Å². The van der Waals surface area contributed by atoms with Crippen LogP contribution in [-0.4, -0.2) is 27.4 Å². The third-order valence-electron chi connectivity index (χ3n) is 3.80. The fourth-order valence-electron chi connectivity index (χ4n) is 2.49. The Morgan fingerprint density at radius 3 is 2.56 bits per heavy atom. The lowest BCUT2D eigenvalue weighted by molar-refractivity contribution is 0.0948. The summed E-state index contributed by atoms with van der Waals surface area (Å²) in [4.78, 5) is 12.1. The number of carbonyl (C=O) groups is 1. The standard InChI is InChI=1S/C19H19FN4O/c20-17-10-8-16(9-11-17)13-24-14-18(22-23-24)19(25)21-12-4-7-15-5-2-1-3-6-15/h1-3,5-6,8-11,14H,4,7,12-13H2,(H,21,25). The quantitative estimate of drug-likeness (QED) is 0.674. The molecule has 0 spiro atoms. The Bertz CT molecular complexity index is 815. The number of benzene rings is 2. The van der Waals surface area contributed by atoms with Gasteiger partial charge in [0.25, 0.3) is 5.91 Å². The van der Waals surface area contributed by atoms with Crippen molar-refractivity contribution in [3.8, 4) is 0 Å². The molecule has 0 fully saturated rings. The molecule has 1 aromatic heterocycles. The first-order chi connectivity index (χ1) is 12.2. The number of halogens is 1. The van der Waals surface area contributed by atoms with Gasteiger partial charge in [0.1, 0.15) is 5.82 Å². The molecule has 6 heteroatoms. The summed E-state index contributed by atoms with van der Waals surface area (Å²) >= 11 is 0. The molecule has 1 heterocycles. The van der Waals surface area contributed by atoms with Gasteiger partial charge in [0.2, 0.25) is 0 Å². The van der Waals surface area contributed by atoms with Crippen LogP contribution in [0.25, 0.3) is 0 Å². The van der Waals surface area contributed by atoms with Crippen molar-refractivity contribution < 1.29 is 9.18 Å². The molecule has 128 valence electrons. The van der Waals surface area contributed by atoms with E-state index in [-0.39, 0.29) is 17.4 Å².